The molecule has 1 heterocycles. The fraction of sp³-hybridized carbons (Fsp3) is 0.360. The van der Waals surface area contributed by atoms with Crippen molar-refractivity contribution in [2.45, 2.75) is 51.4 Å². The van der Waals surface area contributed by atoms with E-state index in [1.54, 1.807) is 0 Å². The summed E-state index contributed by atoms with van der Waals surface area (Å²) in [6.07, 6.45) is 16.3. The van der Waals surface area contributed by atoms with Crippen molar-refractivity contribution in [3.63, 3.8) is 0 Å². The molecule has 0 spiro atoms. The average molecular weight is 373 g/mol. The van der Waals surface area contributed by atoms with Crippen molar-refractivity contribution >= 4 is 16.8 Å². The molecule has 1 amide bonds. The Bertz CT molecular complexity index is 941. The zero-order valence-corrected chi connectivity index (χ0v) is 16.5. The van der Waals surface area contributed by atoms with Crippen LogP contribution in [0.5, 0.6) is 0 Å². The van der Waals surface area contributed by atoms with Gasteiger partial charge < -0.3 is 5.32 Å². The van der Waals surface area contributed by atoms with E-state index in [4.69, 9.17) is 0 Å². The molecular weight excluding hydrogens is 344 g/mol. The number of hydrogen-bond donors (Lipinski definition) is 1. The van der Waals surface area contributed by atoms with Crippen molar-refractivity contribution in [2.24, 2.45) is 5.92 Å². The lowest BCUT2D eigenvalue weighted by atomic mass is 9.77. The predicted octanol–water partition coefficient (Wildman–Crippen LogP) is 5.81. The Balaban J connectivity index is 1.32. The van der Waals surface area contributed by atoms with Crippen molar-refractivity contribution in [1.82, 2.24) is 10.3 Å². The second-order valence-corrected chi connectivity index (χ2v) is 8.06. The maximum absolute atomic E-state index is 12.5. The Morgan fingerprint density at radius 2 is 1.89 bits per heavy atom. The van der Waals surface area contributed by atoms with Gasteiger partial charge in [0.1, 0.15) is 0 Å². The van der Waals surface area contributed by atoms with Crippen LogP contribution < -0.4 is 5.32 Å². The number of carbonyl (C=O) groups is 1. The number of nitrogens with one attached hydrogen (secondary N) is 1. The summed E-state index contributed by atoms with van der Waals surface area (Å²) in [5.41, 5.74) is 4.67. The van der Waals surface area contributed by atoms with Crippen LogP contribution in [0.25, 0.3) is 10.9 Å². The van der Waals surface area contributed by atoms with Crippen LogP contribution in [0.3, 0.4) is 0 Å². The number of benzene rings is 1. The summed E-state index contributed by atoms with van der Waals surface area (Å²) in [7, 11) is 0. The first-order valence-electron chi connectivity index (χ1n) is 10.4. The third-order valence-corrected chi connectivity index (χ3v) is 6.03. The maximum Gasteiger partial charge on any atom is 0.224 e. The van der Waals surface area contributed by atoms with Gasteiger partial charge >= 0.3 is 0 Å². The number of amides is 1. The van der Waals surface area contributed by atoms with E-state index in [9.17, 15) is 4.79 Å². The average Bonchev–Trinajstić information content (AvgIpc) is 2.92. The molecule has 3 heteroatoms. The summed E-state index contributed by atoms with van der Waals surface area (Å²) in [4.78, 5) is 17.0. The summed E-state index contributed by atoms with van der Waals surface area (Å²) in [5.74, 6) is 1.21. The van der Waals surface area contributed by atoms with E-state index in [0.29, 0.717) is 18.3 Å². The molecule has 0 aliphatic heterocycles. The topological polar surface area (TPSA) is 42.0 Å². The summed E-state index contributed by atoms with van der Waals surface area (Å²) < 4.78 is 0. The standard InChI is InChI=1S/C25H28N2O/c1-18-5-4-6-21(14-9-18)27-25(28)17-19-10-12-20(13-11-19)22-15-16-26-24-8-3-2-7-23(22)24/h2-3,5-9,14-16,19-20H,4,10-13,17H2,1H3,(H,27,28). The number of carbonyl (C=O) groups excluding carboxylic acids is 1. The lowest BCUT2D eigenvalue weighted by Crippen LogP contribution is -2.26. The number of fused-ring (bicyclic) bond motifs is 1. The second kappa shape index (κ2) is 8.55. The fourth-order valence-electron chi connectivity index (χ4n) is 4.45. The molecule has 0 saturated heterocycles. The van der Waals surface area contributed by atoms with Crippen LogP contribution in [0.2, 0.25) is 0 Å². The fourth-order valence-corrected chi connectivity index (χ4v) is 4.45. The van der Waals surface area contributed by atoms with Crippen molar-refractivity contribution in [2.75, 3.05) is 0 Å². The van der Waals surface area contributed by atoms with Gasteiger partial charge in [-0.15, -0.1) is 0 Å². The highest BCUT2D eigenvalue weighted by Gasteiger charge is 2.25. The molecule has 2 aliphatic rings. The first-order chi connectivity index (χ1) is 13.7. The molecule has 1 aromatic carbocycles. The molecule has 0 unspecified atom stereocenters. The van der Waals surface area contributed by atoms with Gasteiger partial charge in [-0.1, -0.05) is 42.0 Å². The Kier molecular flexibility index (Phi) is 5.70. The highest BCUT2D eigenvalue weighted by Crippen LogP contribution is 2.39. The van der Waals surface area contributed by atoms with E-state index in [1.807, 2.05) is 18.3 Å². The van der Waals surface area contributed by atoms with E-state index < -0.39 is 0 Å². The van der Waals surface area contributed by atoms with Crippen LogP contribution >= 0.6 is 0 Å². The predicted molar refractivity (Wildman–Crippen MR) is 115 cm³/mol. The zero-order chi connectivity index (χ0) is 19.3. The lowest BCUT2D eigenvalue weighted by Gasteiger charge is -2.29. The molecule has 0 atom stereocenters. The van der Waals surface area contributed by atoms with Gasteiger partial charge in [0.05, 0.1) is 5.52 Å². The Hall–Kier alpha value is -2.68. The molecule has 2 aliphatic carbocycles. The van der Waals surface area contributed by atoms with Crippen molar-refractivity contribution in [1.29, 1.82) is 0 Å². The Labute approximate surface area is 167 Å². The van der Waals surface area contributed by atoms with Gasteiger partial charge in [0.25, 0.3) is 0 Å². The van der Waals surface area contributed by atoms with E-state index >= 15 is 0 Å². The van der Waals surface area contributed by atoms with E-state index in [-0.39, 0.29) is 5.91 Å². The van der Waals surface area contributed by atoms with Gasteiger partial charge in [0.15, 0.2) is 0 Å². The molecule has 0 radical (unpaired) electrons. The van der Waals surface area contributed by atoms with Gasteiger partial charge in [0, 0.05) is 23.7 Å². The molecule has 4 rings (SSSR count). The third-order valence-electron chi connectivity index (χ3n) is 6.03. The SMILES string of the molecule is CC1=CCC=C(NC(=O)CC2CCC(c3ccnc4ccccc34)CC2)C=C1. The van der Waals surface area contributed by atoms with Gasteiger partial charge in [-0.2, -0.15) is 0 Å². The van der Waals surface area contributed by atoms with Crippen molar-refractivity contribution < 1.29 is 4.79 Å². The molecule has 3 nitrogen and oxygen atoms in total. The number of pyridine rings is 1. The highest BCUT2D eigenvalue weighted by molar-refractivity contribution is 5.82. The van der Waals surface area contributed by atoms with E-state index in [2.05, 4.69) is 59.7 Å². The van der Waals surface area contributed by atoms with Crippen LogP contribution in [-0.2, 0) is 4.79 Å². The van der Waals surface area contributed by atoms with Gasteiger partial charge in [-0.05, 0) is 74.6 Å². The van der Waals surface area contributed by atoms with Crippen LogP contribution in [0.15, 0.2) is 72.1 Å². The highest BCUT2D eigenvalue weighted by atomic mass is 16.1. The zero-order valence-electron chi connectivity index (χ0n) is 16.5. The summed E-state index contributed by atoms with van der Waals surface area (Å²) in [6, 6.07) is 10.6. The molecule has 144 valence electrons. The van der Waals surface area contributed by atoms with Crippen LogP contribution in [-0.4, -0.2) is 10.9 Å². The minimum atomic E-state index is 0.147. The number of nitrogens with zero attached hydrogens (tertiary/aromatic N) is 1. The van der Waals surface area contributed by atoms with Crippen molar-refractivity contribution in [3.05, 3.63) is 77.7 Å². The van der Waals surface area contributed by atoms with Crippen LogP contribution in [0.4, 0.5) is 0 Å². The molecule has 2 aromatic rings. The minimum absolute atomic E-state index is 0.147. The summed E-state index contributed by atoms with van der Waals surface area (Å²) in [5, 5.41) is 4.37. The normalized spacial score (nSPS) is 22.3. The number of allylic oxidation sites excluding steroid dienone is 5. The molecular formula is C25H28N2O. The molecule has 1 fully saturated rings. The number of para-hydroxylation sites is 1. The van der Waals surface area contributed by atoms with E-state index in [0.717, 1.165) is 43.3 Å². The van der Waals surface area contributed by atoms with Gasteiger partial charge in [-0.25, -0.2) is 0 Å². The third kappa shape index (κ3) is 4.41. The molecule has 1 saturated carbocycles. The van der Waals surface area contributed by atoms with Gasteiger partial charge in [-0.3, -0.25) is 9.78 Å². The molecule has 1 aromatic heterocycles. The first kappa shape index (κ1) is 18.7. The molecule has 1 N–H and O–H groups in total. The molecule has 0 bridgehead atoms. The maximum atomic E-state index is 12.5. The van der Waals surface area contributed by atoms with E-state index in [1.165, 1.54) is 16.5 Å². The monoisotopic (exact) mass is 372 g/mol. The summed E-state index contributed by atoms with van der Waals surface area (Å²) >= 11 is 0. The number of rotatable bonds is 4. The van der Waals surface area contributed by atoms with Crippen LogP contribution in [0, 0.1) is 5.92 Å². The lowest BCUT2D eigenvalue weighted by molar-refractivity contribution is -0.121. The first-order valence-corrected chi connectivity index (χ1v) is 10.4. The Morgan fingerprint density at radius 3 is 2.75 bits per heavy atom. The summed E-state index contributed by atoms with van der Waals surface area (Å²) in [6.45, 7) is 2.08. The number of hydrogen-bond acceptors (Lipinski definition) is 2. The second-order valence-electron chi connectivity index (χ2n) is 8.06. The quantitative estimate of drug-likeness (QED) is 0.736. The van der Waals surface area contributed by atoms with Gasteiger partial charge in [0.2, 0.25) is 5.91 Å². The minimum Gasteiger partial charge on any atom is -0.326 e. The smallest absolute Gasteiger partial charge is 0.224 e. The largest absolute Gasteiger partial charge is 0.326 e. The Morgan fingerprint density at radius 1 is 1.07 bits per heavy atom. The van der Waals surface area contributed by atoms with Crippen LogP contribution in [0.1, 0.15) is 56.9 Å². The number of aromatic nitrogens is 1. The molecule has 28 heavy (non-hydrogen) atoms. The van der Waals surface area contributed by atoms with Crippen molar-refractivity contribution in [3.8, 4) is 0 Å².